The molecular formula is C21H22FNO3. The van der Waals surface area contributed by atoms with Crippen LogP contribution in [-0.4, -0.2) is 18.6 Å². The van der Waals surface area contributed by atoms with Crippen LogP contribution in [0.25, 0.3) is 6.08 Å². The Hall–Kier alpha value is -2.82. The van der Waals surface area contributed by atoms with E-state index in [0.717, 1.165) is 29.0 Å². The number of carbonyl (C=O) groups excluding carboxylic acids is 1. The molecule has 0 bridgehead atoms. The molecule has 0 fully saturated rings. The normalized spacial score (nSPS) is 15.6. The third kappa shape index (κ3) is 4.23. The molecule has 3 rings (SSSR count). The average molecular weight is 355 g/mol. The molecule has 0 aliphatic carbocycles. The maximum atomic E-state index is 13.6. The fourth-order valence-electron chi connectivity index (χ4n) is 2.91. The van der Waals surface area contributed by atoms with Crippen LogP contribution in [0.15, 0.2) is 42.5 Å². The lowest BCUT2D eigenvalue weighted by Crippen LogP contribution is -2.20. The maximum Gasteiger partial charge on any atom is 0.244 e. The molecule has 2 aromatic carbocycles. The minimum Gasteiger partial charge on any atom is -0.493 e. The van der Waals surface area contributed by atoms with Crippen molar-refractivity contribution in [2.45, 2.75) is 32.9 Å². The monoisotopic (exact) mass is 355 g/mol. The van der Waals surface area contributed by atoms with Crippen LogP contribution in [0.5, 0.6) is 11.5 Å². The minimum atomic E-state index is -0.333. The summed E-state index contributed by atoms with van der Waals surface area (Å²) in [7, 11) is 0. The summed E-state index contributed by atoms with van der Waals surface area (Å²) in [6.07, 6.45) is 4.10. The van der Waals surface area contributed by atoms with E-state index in [-0.39, 0.29) is 24.4 Å². The lowest BCUT2D eigenvalue weighted by molar-refractivity contribution is -0.116. The summed E-state index contributed by atoms with van der Waals surface area (Å²) in [5.74, 6) is 0.917. The minimum absolute atomic E-state index is 0.138. The van der Waals surface area contributed by atoms with Crippen LogP contribution >= 0.6 is 0 Å². The number of ether oxygens (including phenoxy) is 2. The molecule has 1 heterocycles. The number of benzene rings is 2. The Morgan fingerprint density at radius 2 is 2.19 bits per heavy atom. The van der Waals surface area contributed by atoms with E-state index in [2.05, 4.69) is 5.32 Å². The summed E-state index contributed by atoms with van der Waals surface area (Å²) in [5, 5.41) is 2.68. The summed E-state index contributed by atoms with van der Waals surface area (Å²) in [6.45, 7) is 4.61. The van der Waals surface area contributed by atoms with Crippen molar-refractivity contribution in [2.24, 2.45) is 0 Å². The van der Waals surface area contributed by atoms with Crippen molar-refractivity contribution in [2.75, 3.05) is 6.61 Å². The summed E-state index contributed by atoms with van der Waals surface area (Å²) in [4.78, 5) is 12.1. The second-order valence-electron chi connectivity index (χ2n) is 6.21. The lowest BCUT2D eigenvalue weighted by atomic mass is 10.1. The van der Waals surface area contributed by atoms with Crippen LogP contribution in [-0.2, 0) is 17.8 Å². The Kier molecular flexibility index (Phi) is 5.56. The number of carbonyl (C=O) groups is 1. The van der Waals surface area contributed by atoms with Crippen LogP contribution < -0.4 is 14.8 Å². The van der Waals surface area contributed by atoms with Crippen LogP contribution in [0, 0.1) is 5.82 Å². The third-order valence-electron chi connectivity index (χ3n) is 4.15. The fraction of sp³-hybridized carbons (Fsp3) is 0.286. The molecule has 5 heteroatoms. The summed E-state index contributed by atoms with van der Waals surface area (Å²) < 4.78 is 25.0. The predicted octanol–water partition coefficient (Wildman–Crippen LogP) is 3.88. The van der Waals surface area contributed by atoms with E-state index in [1.807, 2.05) is 26.0 Å². The Balaban J connectivity index is 1.70. The van der Waals surface area contributed by atoms with E-state index in [9.17, 15) is 9.18 Å². The van der Waals surface area contributed by atoms with Gasteiger partial charge in [0.15, 0.2) is 0 Å². The van der Waals surface area contributed by atoms with Gasteiger partial charge in [-0.05, 0) is 38.1 Å². The van der Waals surface area contributed by atoms with Gasteiger partial charge in [-0.2, -0.15) is 0 Å². The molecule has 0 radical (unpaired) electrons. The molecule has 26 heavy (non-hydrogen) atoms. The molecule has 1 amide bonds. The molecule has 1 aliphatic heterocycles. The highest BCUT2D eigenvalue weighted by Crippen LogP contribution is 2.35. The van der Waals surface area contributed by atoms with E-state index < -0.39 is 0 Å². The Morgan fingerprint density at radius 1 is 1.38 bits per heavy atom. The second kappa shape index (κ2) is 8.04. The van der Waals surface area contributed by atoms with Crippen molar-refractivity contribution in [3.63, 3.8) is 0 Å². The Bertz CT molecular complexity index is 832. The standard InChI is InChI=1S/C21H22FNO3/c1-3-25-19-12-17-10-14(2)26-20(17)11-15(19)8-9-21(24)23-13-16-6-4-5-7-18(16)22/h4-9,11-12,14H,3,10,13H2,1-2H3,(H,23,24)/b9-8+/t14-/m1/s1. The third-order valence-corrected chi connectivity index (χ3v) is 4.15. The zero-order valence-electron chi connectivity index (χ0n) is 14.9. The quantitative estimate of drug-likeness (QED) is 0.800. The van der Waals surface area contributed by atoms with Crippen LogP contribution in [0.2, 0.25) is 0 Å². The SMILES string of the molecule is CCOc1cc2c(cc1/C=C/C(=O)NCc1ccccc1F)O[C@H](C)C2. The van der Waals surface area contributed by atoms with Crippen molar-refractivity contribution in [3.05, 3.63) is 65.0 Å². The lowest BCUT2D eigenvalue weighted by Gasteiger charge is -2.10. The zero-order chi connectivity index (χ0) is 18.5. The molecule has 0 saturated carbocycles. The van der Waals surface area contributed by atoms with Gasteiger partial charge in [-0.25, -0.2) is 4.39 Å². The van der Waals surface area contributed by atoms with Crippen molar-refractivity contribution >= 4 is 12.0 Å². The first kappa shape index (κ1) is 18.0. The van der Waals surface area contributed by atoms with Crippen molar-refractivity contribution < 1.29 is 18.7 Å². The molecule has 2 aromatic rings. The highest BCUT2D eigenvalue weighted by molar-refractivity contribution is 5.92. The first-order chi connectivity index (χ1) is 12.6. The molecule has 1 aliphatic rings. The van der Waals surface area contributed by atoms with Gasteiger partial charge in [-0.1, -0.05) is 18.2 Å². The molecule has 0 unspecified atom stereocenters. The van der Waals surface area contributed by atoms with Gasteiger partial charge in [0.1, 0.15) is 23.4 Å². The number of hydrogen-bond acceptors (Lipinski definition) is 3. The van der Waals surface area contributed by atoms with E-state index in [0.29, 0.717) is 12.2 Å². The number of fused-ring (bicyclic) bond motifs is 1. The number of rotatable bonds is 6. The number of nitrogens with one attached hydrogen (secondary N) is 1. The van der Waals surface area contributed by atoms with E-state index in [1.54, 1.807) is 24.3 Å². The largest absolute Gasteiger partial charge is 0.493 e. The highest BCUT2D eigenvalue weighted by Gasteiger charge is 2.21. The predicted molar refractivity (Wildman–Crippen MR) is 98.7 cm³/mol. The molecule has 4 nitrogen and oxygen atoms in total. The van der Waals surface area contributed by atoms with Crippen molar-refractivity contribution in [1.82, 2.24) is 5.32 Å². The molecular weight excluding hydrogens is 333 g/mol. The van der Waals surface area contributed by atoms with Gasteiger partial charge in [-0.3, -0.25) is 4.79 Å². The number of halogens is 1. The van der Waals surface area contributed by atoms with Crippen LogP contribution in [0.1, 0.15) is 30.5 Å². The Morgan fingerprint density at radius 3 is 2.96 bits per heavy atom. The maximum absolute atomic E-state index is 13.6. The van der Waals surface area contributed by atoms with Crippen molar-refractivity contribution in [3.8, 4) is 11.5 Å². The average Bonchev–Trinajstić information content (AvgIpc) is 2.98. The summed E-state index contributed by atoms with van der Waals surface area (Å²) in [5.41, 5.74) is 2.34. The highest BCUT2D eigenvalue weighted by atomic mass is 19.1. The fourth-order valence-corrected chi connectivity index (χ4v) is 2.91. The molecule has 1 atom stereocenters. The second-order valence-corrected chi connectivity index (χ2v) is 6.21. The molecule has 0 spiro atoms. The zero-order valence-corrected chi connectivity index (χ0v) is 14.9. The summed E-state index contributed by atoms with van der Waals surface area (Å²) in [6, 6.07) is 10.2. The first-order valence-electron chi connectivity index (χ1n) is 8.72. The molecule has 1 N–H and O–H groups in total. The van der Waals surface area contributed by atoms with Gasteiger partial charge in [0.25, 0.3) is 0 Å². The Labute approximate surface area is 152 Å². The number of amides is 1. The number of hydrogen-bond donors (Lipinski definition) is 1. The van der Waals surface area contributed by atoms with Gasteiger partial charge >= 0.3 is 0 Å². The van der Waals surface area contributed by atoms with E-state index in [4.69, 9.17) is 9.47 Å². The smallest absolute Gasteiger partial charge is 0.244 e. The van der Waals surface area contributed by atoms with E-state index in [1.165, 1.54) is 12.1 Å². The molecule has 0 saturated heterocycles. The van der Waals surface area contributed by atoms with E-state index >= 15 is 0 Å². The van der Waals surface area contributed by atoms with Crippen LogP contribution in [0.3, 0.4) is 0 Å². The van der Waals surface area contributed by atoms with Gasteiger partial charge in [0.2, 0.25) is 5.91 Å². The van der Waals surface area contributed by atoms with Gasteiger partial charge < -0.3 is 14.8 Å². The first-order valence-corrected chi connectivity index (χ1v) is 8.72. The van der Waals surface area contributed by atoms with Crippen molar-refractivity contribution in [1.29, 1.82) is 0 Å². The topological polar surface area (TPSA) is 47.6 Å². The van der Waals surface area contributed by atoms with Gasteiger partial charge in [-0.15, -0.1) is 0 Å². The van der Waals surface area contributed by atoms with Crippen LogP contribution in [0.4, 0.5) is 4.39 Å². The summed E-state index contributed by atoms with van der Waals surface area (Å²) >= 11 is 0. The van der Waals surface area contributed by atoms with Gasteiger partial charge in [0.05, 0.1) is 6.61 Å². The molecule has 136 valence electrons. The van der Waals surface area contributed by atoms with Gasteiger partial charge in [0, 0.05) is 35.7 Å². The molecule has 0 aromatic heterocycles.